The molecular formula is C28H24O4. The second-order valence-electron chi connectivity index (χ2n) is 7.64. The number of fused-ring (bicyclic) bond motifs is 1. The van der Waals surface area contributed by atoms with Crippen LogP contribution in [0.1, 0.15) is 49.9 Å². The Balaban J connectivity index is 2.08. The van der Waals surface area contributed by atoms with E-state index in [0.717, 1.165) is 11.1 Å². The molecule has 4 nitrogen and oxygen atoms in total. The summed E-state index contributed by atoms with van der Waals surface area (Å²) >= 11 is 0. The molecule has 0 saturated heterocycles. The fraction of sp³-hybridized carbons (Fsp3) is 0.143. The molecule has 0 aromatic heterocycles. The van der Waals surface area contributed by atoms with E-state index in [0.29, 0.717) is 33.9 Å². The average Bonchev–Trinajstić information content (AvgIpc) is 2.81. The Morgan fingerprint density at radius 3 is 2.12 bits per heavy atom. The first-order chi connectivity index (χ1) is 15.5. The van der Waals surface area contributed by atoms with Gasteiger partial charge in [0.2, 0.25) is 0 Å². The molecule has 160 valence electrons. The van der Waals surface area contributed by atoms with Crippen molar-refractivity contribution >= 4 is 22.5 Å². The van der Waals surface area contributed by atoms with Crippen molar-refractivity contribution in [1.29, 1.82) is 0 Å². The summed E-state index contributed by atoms with van der Waals surface area (Å²) < 4.78 is 5.30. The van der Waals surface area contributed by atoms with Crippen molar-refractivity contribution in [2.45, 2.75) is 20.3 Å². The number of aromatic hydroxyl groups is 1. The van der Waals surface area contributed by atoms with Crippen molar-refractivity contribution in [3.05, 3.63) is 112 Å². The lowest BCUT2D eigenvalue weighted by Crippen LogP contribution is -2.15. The van der Waals surface area contributed by atoms with E-state index < -0.39 is 5.97 Å². The highest BCUT2D eigenvalue weighted by atomic mass is 16.5. The van der Waals surface area contributed by atoms with Crippen molar-refractivity contribution < 1.29 is 19.4 Å². The zero-order valence-corrected chi connectivity index (χ0v) is 18.1. The number of hydrogen-bond acceptors (Lipinski definition) is 4. The topological polar surface area (TPSA) is 63.6 Å². The van der Waals surface area contributed by atoms with Crippen molar-refractivity contribution in [3.63, 3.8) is 0 Å². The number of carbonyl (C=O) groups is 2. The molecule has 4 heteroatoms. The van der Waals surface area contributed by atoms with Crippen LogP contribution in [0.3, 0.4) is 0 Å². The number of esters is 1. The molecule has 0 spiro atoms. The van der Waals surface area contributed by atoms with Gasteiger partial charge in [-0.05, 0) is 42.3 Å². The predicted molar refractivity (Wildman–Crippen MR) is 125 cm³/mol. The van der Waals surface area contributed by atoms with E-state index in [2.05, 4.69) is 0 Å². The third-order valence-electron chi connectivity index (χ3n) is 5.66. The second-order valence-corrected chi connectivity index (χ2v) is 7.64. The Morgan fingerprint density at radius 2 is 1.44 bits per heavy atom. The Kier molecular flexibility index (Phi) is 6.04. The summed E-state index contributed by atoms with van der Waals surface area (Å²) in [6.45, 7) is 3.86. The number of benzene rings is 4. The smallest absolute Gasteiger partial charge is 0.342 e. The predicted octanol–water partition coefficient (Wildman–Crippen LogP) is 5.85. The molecule has 0 fully saturated rings. The highest BCUT2D eigenvalue weighted by Gasteiger charge is 2.28. The first kappa shape index (κ1) is 21.3. The van der Waals surface area contributed by atoms with Crippen LogP contribution in [0.4, 0.5) is 0 Å². The van der Waals surface area contributed by atoms with E-state index in [4.69, 9.17) is 4.74 Å². The van der Waals surface area contributed by atoms with Gasteiger partial charge >= 0.3 is 5.97 Å². The highest BCUT2D eigenvalue weighted by molar-refractivity contribution is 6.20. The lowest BCUT2D eigenvalue weighted by atomic mass is 9.85. The van der Waals surface area contributed by atoms with Gasteiger partial charge in [-0.25, -0.2) is 4.79 Å². The Bertz CT molecular complexity index is 1310. The standard InChI is InChI=1S/C28H24O4/c1-3-32-28(31)25-23(17-20-14-8-7-11-18(20)2)24(26(29)19-12-5-4-6-13-19)21-15-9-10-16-22(21)27(25)30/h4-16,30H,3,17H2,1-2H3. The molecule has 0 aliphatic heterocycles. The number of hydrogen-bond donors (Lipinski definition) is 1. The molecule has 0 heterocycles. The van der Waals surface area contributed by atoms with Crippen LogP contribution in [0.5, 0.6) is 5.75 Å². The molecule has 4 aromatic carbocycles. The van der Waals surface area contributed by atoms with Gasteiger partial charge < -0.3 is 9.84 Å². The quantitative estimate of drug-likeness (QED) is 0.311. The van der Waals surface area contributed by atoms with Gasteiger partial charge in [0, 0.05) is 16.5 Å². The fourth-order valence-corrected chi connectivity index (χ4v) is 4.06. The molecule has 0 atom stereocenters. The number of ketones is 1. The first-order valence-electron chi connectivity index (χ1n) is 10.6. The van der Waals surface area contributed by atoms with E-state index in [1.807, 2.05) is 61.5 Å². The molecule has 0 radical (unpaired) electrons. The Morgan fingerprint density at radius 1 is 0.812 bits per heavy atom. The van der Waals surface area contributed by atoms with Gasteiger partial charge in [-0.15, -0.1) is 0 Å². The maximum atomic E-state index is 13.8. The van der Waals surface area contributed by atoms with Crippen LogP contribution in [0.15, 0.2) is 78.9 Å². The summed E-state index contributed by atoms with van der Waals surface area (Å²) in [5, 5.41) is 12.2. The minimum absolute atomic E-state index is 0.0492. The fourth-order valence-electron chi connectivity index (χ4n) is 4.06. The molecule has 0 aliphatic carbocycles. The van der Waals surface area contributed by atoms with Crippen LogP contribution in [0.25, 0.3) is 10.8 Å². The maximum absolute atomic E-state index is 13.8. The van der Waals surface area contributed by atoms with Crippen LogP contribution in [-0.4, -0.2) is 23.5 Å². The number of phenolic OH excluding ortho intramolecular Hbond substituents is 1. The van der Waals surface area contributed by atoms with Gasteiger partial charge in [0.15, 0.2) is 5.78 Å². The summed E-state index contributed by atoms with van der Waals surface area (Å²) in [7, 11) is 0. The zero-order valence-electron chi connectivity index (χ0n) is 18.1. The van der Waals surface area contributed by atoms with Gasteiger partial charge in [0.05, 0.1) is 6.61 Å². The number of carbonyl (C=O) groups excluding carboxylic acids is 2. The van der Waals surface area contributed by atoms with Gasteiger partial charge in [-0.2, -0.15) is 0 Å². The molecule has 0 unspecified atom stereocenters. The summed E-state index contributed by atoms with van der Waals surface area (Å²) in [6, 6.07) is 23.9. The van der Waals surface area contributed by atoms with Crippen LogP contribution < -0.4 is 0 Å². The molecule has 4 rings (SSSR count). The molecule has 1 N–H and O–H groups in total. The molecule has 0 amide bonds. The van der Waals surface area contributed by atoms with E-state index >= 15 is 0 Å². The second kappa shape index (κ2) is 9.06. The first-order valence-corrected chi connectivity index (χ1v) is 10.6. The van der Waals surface area contributed by atoms with Crippen LogP contribution in [0.2, 0.25) is 0 Å². The lowest BCUT2D eigenvalue weighted by molar-refractivity contribution is 0.0522. The third kappa shape index (κ3) is 3.87. The number of phenols is 1. The van der Waals surface area contributed by atoms with Gasteiger partial charge in [0.25, 0.3) is 0 Å². The highest BCUT2D eigenvalue weighted by Crippen LogP contribution is 2.38. The molecule has 4 aromatic rings. The average molecular weight is 424 g/mol. The van der Waals surface area contributed by atoms with Gasteiger partial charge in [-0.1, -0.05) is 78.9 Å². The number of ether oxygens (including phenoxy) is 1. The van der Waals surface area contributed by atoms with Crippen LogP contribution in [0, 0.1) is 6.92 Å². The van der Waals surface area contributed by atoms with E-state index in [-0.39, 0.29) is 23.7 Å². The van der Waals surface area contributed by atoms with Gasteiger partial charge in [0.1, 0.15) is 11.3 Å². The molecule has 32 heavy (non-hydrogen) atoms. The zero-order chi connectivity index (χ0) is 22.7. The molecule has 0 saturated carbocycles. The van der Waals surface area contributed by atoms with Crippen molar-refractivity contribution in [1.82, 2.24) is 0 Å². The minimum Gasteiger partial charge on any atom is -0.506 e. The number of rotatable bonds is 6. The number of aryl methyl sites for hydroxylation is 1. The summed E-state index contributed by atoms with van der Waals surface area (Å²) in [6.07, 6.45) is 0.313. The summed E-state index contributed by atoms with van der Waals surface area (Å²) in [4.78, 5) is 26.8. The third-order valence-corrected chi connectivity index (χ3v) is 5.66. The van der Waals surface area contributed by atoms with Crippen LogP contribution >= 0.6 is 0 Å². The summed E-state index contributed by atoms with van der Waals surface area (Å²) in [5.41, 5.74) is 3.46. The largest absolute Gasteiger partial charge is 0.506 e. The van der Waals surface area contributed by atoms with Gasteiger partial charge in [-0.3, -0.25) is 4.79 Å². The van der Waals surface area contributed by atoms with Crippen molar-refractivity contribution in [3.8, 4) is 5.75 Å². The molecular weight excluding hydrogens is 400 g/mol. The SMILES string of the molecule is CCOC(=O)c1c(Cc2ccccc2C)c(C(=O)c2ccccc2)c2ccccc2c1O. The molecule has 0 bridgehead atoms. The minimum atomic E-state index is -0.638. The van der Waals surface area contributed by atoms with Crippen LogP contribution in [-0.2, 0) is 11.2 Å². The Labute approximate surface area is 187 Å². The van der Waals surface area contributed by atoms with E-state index in [1.165, 1.54) is 0 Å². The van der Waals surface area contributed by atoms with Crippen molar-refractivity contribution in [2.75, 3.05) is 6.61 Å². The Hall–Kier alpha value is -3.92. The maximum Gasteiger partial charge on any atom is 0.342 e. The molecule has 0 aliphatic rings. The van der Waals surface area contributed by atoms with E-state index in [1.54, 1.807) is 31.2 Å². The lowest BCUT2D eigenvalue weighted by Gasteiger charge is -2.19. The van der Waals surface area contributed by atoms with E-state index in [9.17, 15) is 14.7 Å². The monoisotopic (exact) mass is 424 g/mol. The van der Waals surface area contributed by atoms with Crippen molar-refractivity contribution in [2.24, 2.45) is 0 Å². The normalized spacial score (nSPS) is 10.8. The summed E-state index contributed by atoms with van der Waals surface area (Å²) in [5.74, 6) is -0.996.